The van der Waals surface area contributed by atoms with Crippen molar-refractivity contribution in [1.82, 2.24) is 34.6 Å². The third kappa shape index (κ3) is 5.00. The Morgan fingerprint density at radius 1 is 1.20 bits per heavy atom. The van der Waals surface area contributed by atoms with Crippen molar-refractivity contribution >= 4 is 34.5 Å². The number of pyridine rings is 2. The number of carbonyl (C=O) groups is 1. The molecule has 1 saturated carbocycles. The largest absolute Gasteiger partial charge is 0.439 e. The van der Waals surface area contributed by atoms with E-state index in [9.17, 15) is 9.59 Å². The minimum atomic E-state index is -0.669. The van der Waals surface area contributed by atoms with Crippen LogP contribution in [0, 0.1) is 11.8 Å². The summed E-state index contributed by atoms with van der Waals surface area (Å²) in [6.45, 7) is 4.98. The van der Waals surface area contributed by atoms with Gasteiger partial charge in [0.15, 0.2) is 0 Å². The summed E-state index contributed by atoms with van der Waals surface area (Å²) in [6.07, 6.45) is 9.77. The standard InChI is InChI=1S/C29H35ClN8O3/c1-5-36(3)27(39)23-10-9-22(17-8-6-7-16(2)11-17)38(23)28-33-20-13-21(26-34-29(40)41-35-26)32-24(25(20)37(28)4)18-12-19(30)15-31-14-18/h12-17,22-23H,5-11H2,1-4H3,(H,34,35,40)/t16-,17?,22?,23?/m0/s1. The Kier molecular flexibility index (Phi) is 7.31. The van der Waals surface area contributed by atoms with Crippen LogP contribution in [0.15, 0.2) is 33.8 Å². The number of H-pyrrole nitrogens is 1. The van der Waals surface area contributed by atoms with E-state index in [-0.39, 0.29) is 23.8 Å². The Morgan fingerprint density at radius 3 is 2.73 bits per heavy atom. The number of carbonyl (C=O) groups excluding carboxylic acids is 1. The summed E-state index contributed by atoms with van der Waals surface area (Å²) in [5.41, 5.74) is 3.12. The van der Waals surface area contributed by atoms with Crippen LogP contribution in [0.4, 0.5) is 5.95 Å². The van der Waals surface area contributed by atoms with Gasteiger partial charge in [0.25, 0.3) is 0 Å². The average molecular weight is 579 g/mol. The minimum absolute atomic E-state index is 0.115. The second-order valence-corrected chi connectivity index (χ2v) is 11.9. The van der Waals surface area contributed by atoms with Crippen LogP contribution in [0.5, 0.6) is 0 Å². The molecule has 1 aliphatic carbocycles. The highest BCUT2D eigenvalue weighted by Crippen LogP contribution is 2.43. The highest BCUT2D eigenvalue weighted by molar-refractivity contribution is 6.30. The maximum atomic E-state index is 13.7. The molecule has 5 heterocycles. The Bertz CT molecular complexity index is 1640. The molecule has 4 aromatic heterocycles. The number of imidazole rings is 1. The summed E-state index contributed by atoms with van der Waals surface area (Å²) in [7, 11) is 3.83. The number of fused-ring (bicyclic) bond motifs is 1. The summed E-state index contributed by atoms with van der Waals surface area (Å²) in [5, 5.41) is 4.33. The fourth-order valence-corrected chi connectivity index (χ4v) is 6.90. The summed E-state index contributed by atoms with van der Waals surface area (Å²) in [5.74, 6) is 1.54. The zero-order valence-corrected chi connectivity index (χ0v) is 24.6. The zero-order chi connectivity index (χ0) is 28.8. The van der Waals surface area contributed by atoms with Crippen molar-refractivity contribution in [3.05, 3.63) is 40.1 Å². The predicted octanol–water partition coefficient (Wildman–Crippen LogP) is 4.67. The summed E-state index contributed by atoms with van der Waals surface area (Å²) in [4.78, 5) is 46.4. The third-order valence-electron chi connectivity index (χ3n) is 8.81. The van der Waals surface area contributed by atoms with Gasteiger partial charge in [-0.3, -0.25) is 19.3 Å². The molecule has 0 spiro atoms. The van der Waals surface area contributed by atoms with Crippen LogP contribution >= 0.6 is 11.6 Å². The van der Waals surface area contributed by atoms with Gasteiger partial charge in [0.2, 0.25) is 17.7 Å². The number of likely N-dealkylation sites (N-methyl/N-ethyl adjacent to an activating group) is 1. The molecule has 3 unspecified atom stereocenters. The number of anilines is 1. The van der Waals surface area contributed by atoms with Crippen LogP contribution < -0.4 is 10.7 Å². The van der Waals surface area contributed by atoms with Crippen LogP contribution in [0.1, 0.15) is 52.4 Å². The molecule has 1 N–H and O–H groups in total. The Labute approximate surface area is 242 Å². The first-order valence-electron chi connectivity index (χ1n) is 14.3. The molecule has 4 atom stereocenters. The highest BCUT2D eigenvalue weighted by Gasteiger charge is 2.45. The number of hydrogen-bond acceptors (Lipinski definition) is 8. The van der Waals surface area contributed by atoms with Crippen molar-refractivity contribution in [3.8, 4) is 22.8 Å². The number of halogens is 1. The lowest BCUT2D eigenvalue weighted by molar-refractivity contribution is -0.131. The van der Waals surface area contributed by atoms with Crippen molar-refractivity contribution in [1.29, 1.82) is 0 Å². The highest BCUT2D eigenvalue weighted by atomic mass is 35.5. The molecule has 4 aromatic rings. The molecule has 1 saturated heterocycles. The van der Waals surface area contributed by atoms with Gasteiger partial charge in [-0.1, -0.05) is 36.5 Å². The number of rotatable bonds is 6. The van der Waals surface area contributed by atoms with E-state index in [1.807, 2.05) is 25.6 Å². The maximum Gasteiger partial charge on any atom is 0.439 e. The molecular weight excluding hydrogens is 544 g/mol. The lowest BCUT2D eigenvalue weighted by Crippen LogP contribution is -2.50. The first-order valence-corrected chi connectivity index (χ1v) is 14.7. The second-order valence-electron chi connectivity index (χ2n) is 11.5. The lowest BCUT2D eigenvalue weighted by Gasteiger charge is -2.39. The topological polar surface area (TPSA) is 126 Å². The molecular formula is C29H35ClN8O3. The number of nitrogens with zero attached hydrogens (tertiary/aromatic N) is 7. The fraction of sp³-hybridized carbons (Fsp3) is 0.517. The van der Waals surface area contributed by atoms with E-state index in [0.29, 0.717) is 45.9 Å². The van der Waals surface area contributed by atoms with Crippen LogP contribution in [0.3, 0.4) is 0 Å². The van der Waals surface area contributed by atoms with Gasteiger partial charge in [-0.2, -0.15) is 0 Å². The van der Waals surface area contributed by atoms with Gasteiger partial charge in [0.05, 0.1) is 21.7 Å². The van der Waals surface area contributed by atoms with Crippen molar-refractivity contribution < 1.29 is 9.32 Å². The molecule has 2 aliphatic rings. The van der Waals surface area contributed by atoms with Crippen LogP contribution in [0.25, 0.3) is 33.8 Å². The third-order valence-corrected chi connectivity index (χ3v) is 9.01. The summed E-state index contributed by atoms with van der Waals surface area (Å²) >= 11 is 6.33. The maximum absolute atomic E-state index is 13.7. The fourth-order valence-electron chi connectivity index (χ4n) is 6.73. The number of aryl methyl sites for hydroxylation is 1. The molecule has 0 aromatic carbocycles. The Hall–Kier alpha value is -3.73. The minimum Gasteiger partial charge on any atom is -0.344 e. The van der Waals surface area contributed by atoms with Crippen molar-refractivity contribution in [2.75, 3.05) is 18.5 Å². The molecule has 41 heavy (non-hydrogen) atoms. The predicted molar refractivity (Wildman–Crippen MR) is 157 cm³/mol. The van der Waals surface area contributed by atoms with E-state index < -0.39 is 5.76 Å². The normalized spacial score (nSPS) is 22.9. The van der Waals surface area contributed by atoms with E-state index >= 15 is 0 Å². The summed E-state index contributed by atoms with van der Waals surface area (Å²) in [6, 6.07) is 3.50. The van der Waals surface area contributed by atoms with Crippen molar-refractivity contribution in [3.63, 3.8) is 0 Å². The Morgan fingerprint density at radius 2 is 2.02 bits per heavy atom. The number of amides is 1. The molecule has 1 aliphatic heterocycles. The summed E-state index contributed by atoms with van der Waals surface area (Å²) < 4.78 is 6.79. The molecule has 6 rings (SSSR count). The molecule has 216 valence electrons. The SMILES string of the molecule is CCN(C)C(=O)C1CCC(C2CCC[C@H](C)C2)N1c1nc2cc(-c3noc(=O)[nH]3)nc(-c3cncc(Cl)c3)c2n1C. The van der Waals surface area contributed by atoms with Gasteiger partial charge in [0, 0.05) is 44.6 Å². The number of aromatic amines is 1. The zero-order valence-electron chi connectivity index (χ0n) is 23.8. The smallest absolute Gasteiger partial charge is 0.344 e. The van der Waals surface area contributed by atoms with Crippen molar-refractivity contribution in [2.24, 2.45) is 18.9 Å². The quantitative estimate of drug-likeness (QED) is 0.350. The van der Waals surface area contributed by atoms with Gasteiger partial charge in [0.1, 0.15) is 11.7 Å². The van der Waals surface area contributed by atoms with E-state index in [2.05, 4.69) is 26.9 Å². The molecule has 1 amide bonds. The molecule has 0 bridgehead atoms. The van der Waals surface area contributed by atoms with Crippen LogP contribution in [0.2, 0.25) is 5.02 Å². The first kappa shape index (κ1) is 27.4. The average Bonchev–Trinajstić information content (AvgIpc) is 3.68. The van der Waals surface area contributed by atoms with E-state index in [1.54, 1.807) is 29.4 Å². The van der Waals surface area contributed by atoms with Crippen LogP contribution in [-0.2, 0) is 11.8 Å². The van der Waals surface area contributed by atoms with Gasteiger partial charge in [-0.25, -0.2) is 14.8 Å². The van der Waals surface area contributed by atoms with Gasteiger partial charge >= 0.3 is 5.76 Å². The van der Waals surface area contributed by atoms with Crippen LogP contribution in [-0.4, -0.2) is 66.1 Å². The lowest BCUT2D eigenvalue weighted by atomic mass is 9.78. The van der Waals surface area contributed by atoms with Gasteiger partial charge < -0.3 is 14.4 Å². The molecule has 11 nitrogen and oxygen atoms in total. The number of nitrogens with one attached hydrogen (secondary N) is 1. The number of aromatic nitrogens is 6. The number of hydrogen-bond donors (Lipinski definition) is 1. The Balaban J connectivity index is 1.54. The molecule has 0 radical (unpaired) electrons. The monoisotopic (exact) mass is 578 g/mol. The van der Waals surface area contributed by atoms with E-state index in [0.717, 1.165) is 37.1 Å². The van der Waals surface area contributed by atoms with Gasteiger partial charge in [-0.15, -0.1) is 0 Å². The first-order chi connectivity index (χ1) is 19.7. The van der Waals surface area contributed by atoms with Crippen molar-refractivity contribution in [2.45, 2.75) is 64.5 Å². The van der Waals surface area contributed by atoms with E-state index in [4.69, 9.17) is 26.1 Å². The molecule has 12 heteroatoms. The molecule has 2 fully saturated rings. The van der Waals surface area contributed by atoms with E-state index in [1.165, 1.54) is 12.8 Å². The van der Waals surface area contributed by atoms with Gasteiger partial charge in [-0.05, 0) is 56.6 Å². The second kappa shape index (κ2) is 10.9.